The zero-order valence-corrected chi connectivity index (χ0v) is 13.5. The number of carbonyl (C=O) groups is 1. The van der Waals surface area contributed by atoms with Gasteiger partial charge in [0.15, 0.2) is 0 Å². The van der Waals surface area contributed by atoms with Crippen LogP contribution in [-0.4, -0.2) is 49.4 Å². The quantitative estimate of drug-likeness (QED) is 0.940. The molecule has 2 aromatic rings. The van der Waals surface area contributed by atoms with Crippen LogP contribution in [-0.2, 0) is 0 Å². The molecule has 0 spiro atoms. The van der Waals surface area contributed by atoms with Gasteiger partial charge in [-0.3, -0.25) is 4.79 Å². The fourth-order valence-corrected chi connectivity index (χ4v) is 3.26. The van der Waals surface area contributed by atoms with E-state index in [4.69, 9.17) is 0 Å². The predicted octanol–water partition coefficient (Wildman–Crippen LogP) is 1.95. The Morgan fingerprint density at radius 2 is 2.22 bits per heavy atom. The molecule has 1 aliphatic rings. The maximum atomic E-state index is 12.8. The second kappa shape index (κ2) is 6.50. The van der Waals surface area contributed by atoms with Crippen LogP contribution in [0.25, 0.3) is 5.69 Å². The zero-order chi connectivity index (χ0) is 16.4. The van der Waals surface area contributed by atoms with Gasteiger partial charge in [-0.05, 0) is 56.9 Å². The summed E-state index contributed by atoms with van der Waals surface area (Å²) < 4.78 is 1.68. The summed E-state index contributed by atoms with van der Waals surface area (Å²) in [5.41, 5.74) is 2.52. The monoisotopic (exact) mass is 314 g/mol. The van der Waals surface area contributed by atoms with Crippen LogP contribution >= 0.6 is 0 Å². The lowest BCUT2D eigenvalue weighted by molar-refractivity contribution is 0.0281. The number of piperidine rings is 1. The van der Waals surface area contributed by atoms with E-state index in [0.29, 0.717) is 12.1 Å². The fourth-order valence-electron chi connectivity index (χ4n) is 3.26. The smallest absolute Gasteiger partial charge is 0.254 e. The van der Waals surface area contributed by atoms with Crippen LogP contribution < -0.4 is 0 Å². The van der Waals surface area contributed by atoms with Gasteiger partial charge in [-0.1, -0.05) is 0 Å². The largest absolute Gasteiger partial charge is 0.391 e. The molecule has 1 aromatic heterocycles. The standard InChI is InChI=1S/C17H22N4O2/c1-12-9-14(6-7-15(12)21-11-18-10-19-21)17(23)20-8-4-3-5-16(20)13(2)22/h6-7,9-11,13,16,22H,3-5,8H2,1-2H3. The molecule has 1 amide bonds. The number of amides is 1. The number of carbonyl (C=O) groups excluding carboxylic acids is 1. The Morgan fingerprint density at radius 1 is 1.39 bits per heavy atom. The molecule has 0 bridgehead atoms. The molecule has 23 heavy (non-hydrogen) atoms. The van der Waals surface area contributed by atoms with Crippen molar-refractivity contribution in [3.05, 3.63) is 42.0 Å². The van der Waals surface area contributed by atoms with Crippen molar-refractivity contribution in [1.82, 2.24) is 19.7 Å². The SMILES string of the molecule is Cc1cc(C(=O)N2CCCCC2C(C)O)ccc1-n1cncn1. The normalized spacial score (nSPS) is 19.6. The van der Waals surface area contributed by atoms with E-state index in [-0.39, 0.29) is 11.9 Å². The molecule has 1 aromatic carbocycles. The highest BCUT2D eigenvalue weighted by molar-refractivity contribution is 5.95. The summed E-state index contributed by atoms with van der Waals surface area (Å²) in [4.78, 5) is 18.6. The number of benzene rings is 1. The number of aromatic nitrogens is 3. The lowest BCUT2D eigenvalue weighted by atomic mass is 9.96. The van der Waals surface area contributed by atoms with Crippen LogP contribution in [0.4, 0.5) is 0 Å². The maximum Gasteiger partial charge on any atom is 0.254 e. The summed E-state index contributed by atoms with van der Waals surface area (Å²) in [6, 6.07) is 5.50. The highest BCUT2D eigenvalue weighted by Gasteiger charge is 2.30. The minimum absolute atomic E-state index is 0.0103. The van der Waals surface area contributed by atoms with Crippen LogP contribution in [0.3, 0.4) is 0 Å². The minimum Gasteiger partial charge on any atom is -0.391 e. The van der Waals surface area contributed by atoms with Crippen molar-refractivity contribution in [1.29, 1.82) is 0 Å². The highest BCUT2D eigenvalue weighted by Crippen LogP contribution is 2.23. The molecule has 1 N–H and O–H groups in total. The average molecular weight is 314 g/mol. The second-order valence-electron chi connectivity index (χ2n) is 6.14. The van der Waals surface area contributed by atoms with Crippen molar-refractivity contribution >= 4 is 5.91 Å². The van der Waals surface area contributed by atoms with Gasteiger partial charge in [-0.15, -0.1) is 0 Å². The fraction of sp³-hybridized carbons (Fsp3) is 0.471. The number of hydrogen-bond acceptors (Lipinski definition) is 4. The van der Waals surface area contributed by atoms with Crippen molar-refractivity contribution in [2.45, 2.75) is 45.3 Å². The molecule has 2 heterocycles. The maximum absolute atomic E-state index is 12.8. The van der Waals surface area contributed by atoms with E-state index in [1.54, 1.807) is 17.9 Å². The summed E-state index contributed by atoms with van der Waals surface area (Å²) in [5.74, 6) is -0.0103. The molecule has 0 aliphatic carbocycles. The van der Waals surface area contributed by atoms with Crippen LogP contribution in [0.1, 0.15) is 42.1 Å². The molecule has 2 unspecified atom stereocenters. The van der Waals surface area contributed by atoms with Crippen LogP contribution in [0.5, 0.6) is 0 Å². The van der Waals surface area contributed by atoms with E-state index < -0.39 is 6.10 Å². The molecular weight excluding hydrogens is 292 g/mol. The molecule has 0 radical (unpaired) electrons. The second-order valence-corrected chi connectivity index (χ2v) is 6.14. The third kappa shape index (κ3) is 3.12. The zero-order valence-electron chi connectivity index (χ0n) is 13.5. The lowest BCUT2D eigenvalue weighted by Crippen LogP contribution is -2.48. The minimum atomic E-state index is -0.505. The van der Waals surface area contributed by atoms with E-state index in [9.17, 15) is 9.90 Å². The van der Waals surface area contributed by atoms with Gasteiger partial charge in [0.2, 0.25) is 0 Å². The van der Waals surface area contributed by atoms with E-state index >= 15 is 0 Å². The first-order chi connectivity index (χ1) is 11.1. The van der Waals surface area contributed by atoms with E-state index in [1.165, 1.54) is 6.33 Å². The van der Waals surface area contributed by atoms with E-state index in [2.05, 4.69) is 10.1 Å². The Labute approximate surface area is 135 Å². The van der Waals surface area contributed by atoms with Gasteiger partial charge in [0.25, 0.3) is 5.91 Å². The molecule has 2 atom stereocenters. The molecule has 1 fully saturated rings. The summed E-state index contributed by atoms with van der Waals surface area (Å²) >= 11 is 0. The number of aliphatic hydroxyl groups excluding tert-OH is 1. The Morgan fingerprint density at radius 3 is 2.87 bits per heavy atom. The summed E-state index contributed by atoms with van der Waals surface area (Å²) in [7, 11) is 0. The van der Waals surface area contributed by atoms with Gasteiger partial charge in [-0.2, -0.15) is 5.10 Å². The topological polar surface area (TPSA) is 71.2 Å². The summed E-state index contributed by atoms with van der Waals surface area (Å²) in [5, 5.41) is 14.1. The summed E-state index contributed by atoms with van der Waals surface area (Å²) in [6.07, 6.45) is 5.53. The molecule has 1 saturated heterocycles. The van der Waals surface area contributed by atoms with Crippen LogP contribution in [0, 0.1) is 6.92 Å². The lowest BCUT2D eigenvalue weighted by Gasteiger charge is -2.37. The van der Waals surface area contributed by atoms with Gasteiger partial charge >= 0.3 is 0 Å². The molecular formula is C17H22N4O2. The molecule has 1 aliphatic heterocycles. The first kappa shape index (κ1) is 15.7. The predicted molar refractivity (Wildman–Crippen MR) is 86.5 cm³/mol. The van der Waals surface area contributed by atoms with Crippen molar-refractivity contribution in [2.75, 3.05) is 6.54 Å². The molecule has 6 nitrogen and oxygen atoms in total. The van der Waals surface area contributed by atoms with Gasteiger partial charge in [0.1, 0.15) is 12.7 Å². The Balaban J connectivity index is 1.86. The number of aliphatic hydroxyl groups is 1. The van der Waals surface area contributed by atoms with Crippen LogP contribution in [0.15, 0.2) is 30.9 Å². The van der Waals surface area contributed by atoms with Crippen LogP contribution in [0.2, 0.25) is 0 Å². The first-order valence-corrected chi connectivity index (χ1v) is 8.02. The van der Waals surface area contributed by atoms with Gasteiger partial charge in [0, 0.05) is 12.1 Å². The van der Waals surface area contributed by atoms with E-state index in [0.717, 1.165) is 30.5 Å². The molecule has 0 saturated carbocycles. The highest BCUT2D eigenvalue weighted by atomic mass is 16.3. The van der Waals surface area contributed by atoms with Gasteiger partial charge in [0.05, 0.1) is 17.8 Å². The van der Waals surface area contributed by atoms with E-state index in [1.807, 2.05) is 30.0 Å². The molecule has 6 heteroatoms. The third-order valence-corrected chi connectivity index (χ3v) is 4.48. The number of rotatable bonds is 3. The molecule has 122 valence electrons. The Kier molecular flexibility index (Phi) is 4.43. The average Bonchev–Trinajstić information content (AvgIpc) is 3.08. The van der Waals surface area contributed by atoms with Crippen molar-refractivity contribution in [3.8, 4) is 5.69 Å². The third-order valence-electron chi connectivity index (χ3n) is 4.48. The van der Waals surface area contributed by atoms with Crippen molar-refractivity contribution < 1.29 is 9.90 Å². The van der Waals surface area contributed by atoms with Gasteiger partial charge < -0.3 is 10.0 Å². The number of nitrogens with zero attached hydrogens (tertiary/aromatic N) is 4. The number of hydrogen-bond donors (Lipinski definition) is 1. The van der Waals surface area contributed by atoms with Crippen molar-refractivity contribution in [2.24, 2.45) is 0 Å². The first-order valence-electron chi connectivity index (χ1n) is 8.02. The summed E-state index contributed by atoms with van der Waals surface area (Å²) in [6.45, 7) is 4.42. The number of aryl methyl sites for hydroxylation is 1. The Bertz CT molecular complexity index is 682. The number of likely N-dealkylation sites (tertiary alicyclic amines) is 1. The van der Waals surface area contributed by atoms with Crippen molar-refractivity contribution in [3.63, 3.8) is 0 Å². The molecule has 3 rings (SSSR count). The van der Waals surface area contributed by atoms with Gasteiger partial charge in [-0.25, -0.2) is 9.67 Å². The Hall–Kier alpha value is -2.21.